The van der Waals surface area contributed by atoms with Gasteiger partial charge in [0.2, 0.25) is 0 Å². The smallest absolute Gasteiger partial charge is 0.317 e. The molecule has 0 spiro atoms. The minimum Gasteiger partial charge on any atom is -0.480 e. The lowest BCUT2D eigenvalue weighted by Gasteiger charge is -2.16. The Bertz CT molecular complexity index is 379. The first-order chi connectivity index (χ1) is 7.54. The van der Waals surface area contributed by atoms with E-state index in [0.717, 1.165) is 12.0 Å². The van der Waals surface area contributed by atoms with E-state index in [0.29, 0.717) is 12.1 Å². The van der Waals surface area contributed by atoms with Crippen LogP contribution in [0, 0.1) is 5.82 Å². The number of aliphatic carboxylic acids is 1. The van der Waals surface area contributed by atoms with Gasteiger partial charge in [-0.3, -0.25) is 9.69 Å². The maximum atomic E-state index is 13.6. The number of halogens is 1. The lowest BCUT2D eigenvalue weighted by atomic mass is 10.0. The molecule has 0 aromatic heterocycles. The number of rotatable bonds is 5. The van der Waals surface area contributed by atoms with Crippen molar-refractivity contribution in [3.05, 3.63) is 35.1 Å². The van der Waals surface area contributed by atoms with Crippen LogP contribution in [-0.4, -0.2) is 29.6 Å². The largest absolute Gasteiger partial charge is 0.480 e. The highest BCUT2D eigenvalue weighted by Gasteiger charge is 2.11. The standard InChI is InChI=1S/C12H16FNO2/c1-3-9-5-4-6-11(13)10(9)7-14(2)8-12(15)16/h4-6H,3,7-8H2,1-2H3,(H,15,16). The molecule has 0 atom stereocenters. The Morgan fingerprint density at radius 2 is 2.19 bits per heavy atom. The van der Waals surface area contributed by atoms with Crippen molar-refractivity contribution >= 4 is 5.97 Å². The highest BCUT2D eigenvalue weighted by atomic mass is 19.1. The number of carbonyl (C=O) groups is 1. The molecular formula is C12H16FNO2. The van der Waals surface area contributed by atoms with Crippen LogP contribution in [0.2, 0.25) is 0 Å². The van der Waals surface area contributed by atoms with Gasteiger partial charge in [0, 0.05) is 12.1 Å². The van der Waals surface area contributed by atoms with Gasteiger partial charge in [0.15, 0.2) is 0 Å². The summed E-state index contributed by atoms with van der Waals surface area (Å²) in [5.74, 6) is -1.17. The SMILES string of the molecule is CCc1cccc(F)c1CN(C)CC(=O)O. The molecule has 0 heterocycles. The molecule has 1 rings (SSSR count). The maximum Gasteiger partial charge on any atom is 0.317 e. The van der Waals surface area contributed by atoms with Crippen LogP contribution >= 0.6 is 0 Å². The summed E-state index contributed by atoms with van der Waals surface area (Å²) in [4.78, 5) is 12.1. The number of benzene rings is 1. The Hall–Kier alpha value is -1.42. The number of hydrogen-bond acceptors (Lipinski definition) is 2. The molecule has 0 amide bonds. The van der Waals surface area contributed by atoms with Crippen LogP contribution in [0.25, 0.3) is 0 Å². The van der Waals surface area contributed by atoms with E-state index in [2.05, 4.69) is 0 Å². The number of nitrogens with zero attached hydrogens (tertiary/aromatic N) is 1. The lowest BCUT2D eigenvalue weighted by Crippen LogP contribution is -2.26. The van der Waals surface area contributed by atoms with Crippen LogP contribution in [0.5, 0.6) is 0 Å². The third-order valence-electron chi connectivity index (χ3n) is 2.43. The molecule has 0 fully saturated rings. The first kappa shape index (κ1) is 12.6. The van der Waals surface area contributed by atoms with Gasteiger partial charge in [-0.15, -0.1) is 0 Å². The predicted octanol–water partition coefficient (Wildman–Crippen LogP) is 1.90. The third kappa shape index (κ3) is 3.31. The molecule has 0 bridgehead atoms. The fraction of sp³-hybridized carbons (Fsp3) is 0.417. The molecule has 0 aliphatic carbocycles. The first-order valence-corrected chi connectivity index (χ1v) is 5.21. The Labute approximate surface area is 94.5 Å². The number of likely N-dealkylation sites (N-methyl/N-ethyl adjacent to an activating group) is 1. The van der Waals surface area contributed by atoms with E-state index in [-0.39, 0.29) is 12.4 Å². The van der Waals surface area contributed by atoms with E-state index in [9.17, 15) is 9.18 Å². The molecule has 0 unspecified atom stereocenters. The van der Waals surface area contributed by atoms with Gasteiger partial charge in [0.05, 0.1) is 6.54 Å². The van der Waals surface area contributed by atoms with Gasteiger partial charge in [-0.1, -0.05) is 19.1 Å². The Balaban J connectivity index is 2.83. The Morgan fingerprint density at radius 1 is 1.50 bits per heavy atom. The van der Waals surface area contributed by atoms with E-state index < -0.39 is 5.97 Å². The van der Waals surface area contributed by atoms with Gasteiger partial charge >= 0.3 is 5.97 Å². The first-order valence-electron chi connectivity index (χ1n) is 5.21. The molecule has 88 valence electrons. The molecule has 16 heavy (non-hydrogen) atoms. The summed E-state index contributed by atoms with van der Waals surface area (Å²) in [5, 5.41) is 8.62. The van der Waals surface area contributed by atoms with Gasteiger partial charge in [-0.2, -0.15) is 0 Å². The van der Waals surface area contributed by atoms with Crippen molar-refractivity contribution in [2.45, 2.75) is 19.9 Å². The van der Waals surface area contributed by atoms with Gasteiger partial charge in [-0.05, 0) is 25.1 Å². The molecule has 0 aliphatic rings. The summed E-state index contributed by atoms with van der Waals surface area (Å²) in [7, 11) is 1.67. The Kier molecular flexibility index (Phi) is 4.43. The normalized spacial score (nSPS) is 10.8. The van der Waals surface area contributed by atoms with Crippen LogP contribution in [0.1, 0.15) is 18.1 Å². The lowest BCUT2D eigenvalue weighted by molar-refractivity contribution is -0.138. The van der Waals surface area contributed by atoms with Crippen molar-refractivity contribution in [3.8, 4) is 0 Å². The van der Waals surface area contributed by atoms with Gasteiger partial charge in [-0.25, -0.2) is 4.39 Å². The molecule has 1 aromatic carbocycles. The van der Waals surface area contributed by atoms with E-state index in [4.69, 9.17) is 5.11 Å². The molecule has 4 heteroatoms. The average Bonchev–Trinajstić information content (AvgIpc) is 2.20. The molecular weight excluding hydrogens is 209 g/mol. The quantitative estimate of drug-likeness (QED) is 0.832. The second-order valence-electron chi connectivity index (χ2n) is 3.80. The zero-order valence-electron chi connectivity index (χ0n) is 9.53. The molecule has 0 aliphatic heterocycles. The van der Waals surface area contributed by atoms with Gasteiger partial charge in [0.1, 0.15) is 5.82 Å². The number of aryl methyl sites for hydroxylation is 1. The highest BCUT2D eigenvalue weighted by Crippen LogP contribution is 2.15. The second kappa shape index (κ2) is 5.61. The van der Waals surface area contributed by atoms with Crippen LogP contribution in [-0.2, 0) is 17.8 Å². The average molecular weight is 225 g/mol. The minimum absolute atomic E-state index is 0.0858. The maximum absolute atomic E-state index is 13.6. The summed E-state index contributed by atoms with van der Waals surface area (Å²) in [5.41, 5.74) is 1.52. The Morgan fingerprint density at radius 3 is 2.75 bits per heavy atom. The van der Waals surface area contributed by atoms with Gasteiger partial charge < -0.3 is 5.11 Å². The molecule has 1 N–H and O–H groups in total. The summed E-state index contributed by atoms with van der Waals surface area (Å²) in [6, 6.07) is 4.95. The molecule has 3 nitrogen and oxygen atoms in total. The van der Waals surface area contributed by atoms with Crippen LogP contribution in [0.3, 0.4) is 0 Å². The zero-order valence-corrected chi connectivity index (χ0v) is 9.53. The van der Waals surface area contributed by atoms with Crippen molar-refractivity contribution in [1.82, 2.24) is 4.90 Å². The van der Waals surface area contributed by atoms with Crippen LogP contribution in [0.4, 0.5) is 4.39 Å². The summed E-state index contributed by atoms with van der Waals surface area (Å²) >= 11 is 0. The topological polar surface area (TPSA) is 40.5 Å². The minimum atomic E-state index is -0.906. The van der Waals surface area contributed by atoms with E-state index in [1.165, 1.54) is 6.07 Å². The van der Waals surface area contributed by atoms with E-state index in [1.807, 2.05) is 13.0 Å². The molecule has 1 aromatic rings. The summed E-state index contributed by atoms with van der Waals surface area (Å²) < 4.78 is 13.6. The summed E-state index contributed by atoms with van der Waals surface area (Å²) in [6.07, 6.45) is 0.744. The zero-order chi connectivity index (χ0) is 12.1. The van der Waals surface area contributed by atoms with Crippen LogP contribution in [0.15, 0.2) is 18.2 Å². The van der Waals surface area contributed by atoms with Crippen molar-refractivity contribution in [2.75, 3.05) is 13.6 Å². The van der Waals surface area contributed by atoms with Crippen molar-refractivity contribution in [1.29, 1.82) is 0 Å². The highest BCUT2D eigenvalue weighted by molar-refractivity contribution is 5.69. The second-order valence-corrected chi connectivity index (χ2v) is 3.80. The summed E-state index contributed by atoms with van der Waals surface area (Å²) in [6.45, 7) is 2.19. The van der Waals surface area contributed by atoms with Crippen LogP contribution < -0.4 is 0 Å². The monoisotopic (exact) mass is 225 g/mol. The molecule has 0 radical (unpaired) electrons. The third-order valence-corrected chi connectivity index (χ3v) is 2.43. The van der Waals surface area contributed by atoms with Gasteiger partial charge in [0.25, 0.3) is 0 Å². The van der Waals surface area contributed by atoms with Crippen molar-refractivity contribution in [2.24, 2.45) is 0 Å². The number of hydrogen-bond donors (Lipinski definition) is 1. The van der Waals surface area contributed by atoms with Crippen molar-refractivity contribution in [3.63, 3.8) is 0 Å². The molecule has 0 saturated carbocycles. The predicted molar refractivity (Wildman–Crippen MR) is 59.7 cm³/mol. The van der Waals surface area contributed by atoms with Crippen molar-refractivity contribution < 1.29 is 14.3 Å². The fourth-order valence-electron chi connectivity index (χ4n) is 1.67. The fourth-order valence-corrected chi connectivity index (χ4v) is 1.67. The number of carboxylic acid groups (broad SMARTS) is 1. The van der Waals surface area contributed by atoms with E-state index >= 15 is 0 Å². The number of carboxylic acids is 1. The van der Waals surface area contributed by atoms with E-state index in [1.54, 1.807) is 18.0 Å². The molecule has 0 saturated heterocycles.